The number of rotatable bonds is 7. The van der Waals surface area contributed by atoms with E-state index in [4.69, 9.17) is 9.47 Å². The molecule has 1 amide bonds. The molecule has 0 aliphatic rings. The summed E-state index contributed by atoms with van der Waals surface area (Å²) in [7, 11) is 1.58. The van der Waals surface area contributed by atoms with Crippen LogP contribution in [0.3, 0.4) is 0 Å². The second-order valence-electron chi connectivity index (χ2n) is 7.56. The zero-order valence-corrected chi connectivity index (χ0v) is 16.7. The highest BCUT2D eigenvalue weighted by Gasteiger charge is 2.24. The van der Waals surface area contributed by atoms with Crippen LogP contribution in [0.4, 0.5) is 4.79 Å². The van der Waals surface area contributed by atoms with Gasteiger partial charge in [0.2, 0.25) is 0 Å². The average molecular weight is 385 g/mol. The lowest BCUT2D eigenvalue weighted by Gasteiger charge is -2.23. The van der Waals surface area contributed by atoms with Crippen LogP contribution in [0.25, 0.3) is 0 Å². The number of carbonyl (C=O) groups excluding carboxylic acids is 2. The number of nitrogens with one attached hydrogen (secondary N) is 1. The molecule has 2 aromatic rings. The molecule has 28 heavy (non-hydrogen) atoms. The van der Waals surface area contributed by atoms with Gasteiger partial charge < -0.3 is 19.9 Å². The number of benzene rings is 2. The van der Waals surface area contributed by atoms with Crippen LogP contribution < -0.4 is 10.1 Å². The van der Waals surface area contributed by atoms with Crippen LogP contribution in [-0.4, -0.2) is 35.7 Å². The van der Waals surface area contributed by atoms with E-state index in [0.717, 1.165) is 11.1 Å². The summed E-state index contributed by atoms with van der Waals surface area (Å²) in [4.78, 5) is 25.1. The monoisotopic (exact) mass is 385 g/mol. The molecule has 0 aliphatic carbocycles. The van der Waals surface area contributed by atoms with Crippen molar-refractivity contribution >= 4 is 11.9 Å². The van der Waals surface area contributed by atoms with Crippen molar-refractivity contribution in [3.05, 3.63) is 59.7 Å². The number of aromatic hydroxyl groups is 1. The van der Waals surface area contributed by atoms with Crippen molar-refractivity contribution in [2.24, 2.45) is 0 Å². The highest BCUT2D eigenvalue weighted by atomic mass is 16.6. The van der Waals surface area contributed by atoms with Crippen molar-refractivity contribution in [1.29, 1.82) is 0 Å². The van der Waals surface area contributed by atoms with E-state index in [9.17, 15) is 14.7 Å². The Bertz CT molecular complexity index is 791. The first-order valence-electron chi connectivity index (χ1n) is 9.09. The molecule has 0 heterocycles. The summed E-state index contributed by atoms with van der Waals surface area (Å²) in [6, 6.07) is 13.0. The molecule has 2 rings (SSSR count). The maximum Gasteiger partial charge on any atom is 0.408 e. The van der Waals surface area contributed by atoms with E-state index >= 15 is 0 Å². The largest absolute Gasteiger partial charge is 0.508 e. The van der Waals surface area contributed by atoms with E-state index in [0.29, 0.717) is 12.2 Å². The van der Waals surface area contributed by atoms with Crippen molar-refractivity contribution in [2.45, 2.75) is 45.3 Å². The molecule has 1 unspecified atom stereocenters. The standard InChI is InChI=1S/C22H27NO5/c1-22(2,3)28-21(26)23-19(13-15-5-9-17(24)10-6-15)20(25)14-16-7-11-18(27-4)12-8-16/h5-12,19,24H,13-14H2,1-4H3,(H,23,26). The van der Waals surface area contributed by atoms with E-state index in [2.05, 4.69) is 5.32 Å². The highest BCUT2D eigenvalue weighted by molar-refractivity contribution is 5.89. The van der Waals surface area contributed by atoms with Gasteiger partial charge in [-0.25, -0.2) is 4.79 Å². The fourth-order valence-corrected chi connectivity index (χ4v) is 2.63. The van der Waals surface area contributed by atoms with Gasteiger partial charge in [-0.1, -0.05) is 24.3 Å². The Morgan fingerprint density at radius 1 is 1.00 bits per heavy atom. The third kappa shape index (κ3) is 6.95. The third-order valence-corrected chi connectivity index (χ3v) is 3.99. The van der Waals surface area contributed by atoms with Gasteiger partial charge in [-0.15, -0.1) is 0 Å². The van der Waals surface area contributed by atoms with Crippen molar-refractivity contribution in [1.82, 2.24) is 5.32 Å². The first-order chi connectivity index (χ1) is 13.2. The Hall–Kier alpha value is -3.02. The molecule has 0 saturated carbocycles. The first-order valence-corrected chi connectivity index (χ1v) is 9.09. The highest BCUT2D eigenvalue weighted by Crippen LogP contribution is 2.16. The average Bonchev–Trinajstić information content (AvgIpc) is 2.62. The summed E-state index contributed by atoms with van der Waals surface area (Å²) in [5, 5.41) is 12.1. The minimum absolute atomic E-state index is 0.135. The van der Waals surface area contributed by atoms with Crippen molar-refractivity contribution in [3.8, 4) is 11.5 Å². The third-order valence-electron chi connectivity index (χ3n) is 3.99. The number of phenolic OH excluding ortho intramolecular Hbond substituents is 1. The molecule has 6 nitrogen and oxygen atoms in total. The number of amides is 1. The van der Waals surface area contributed by atoms with Gasteiger partial charge in [-0.2, -0.15) is 0 Å². The number of ether oxygens (including phenoxy) is 2. The number of carbonyl (C=O) groups is 2. The summed E-state index contributed by atoms with van der Waals surface area (Å²) in [5.41, 5.74) is 0.987. The van der Waals surface area contributed by atoms with E-state index in [1.807, 2.05) is 12.1 Å². The number of methoxy groups -OCH3 is 1. The Morgan fingerprint density at radius 2 is 1.57 bits per heavy atom. The molecule has 0 radical (unpaired) electrons. The molecule has 2 aromatic carbocycles. The van der Waals surface area contributed by atoms with Gasteiger partial charge >= 0.3 is 6.09 Å². The smallest absolute Gasteiger partial charge is 0.408 e. The normalized spacial score (nSPS) is 12.1. The quantitative estimate of drug-likeness (QED) is 0.760. The van der Waals surface area contributed by atoms with Gasteiger partial charge in [-0.05, 0) is 62.6 Å². The number of alkyl carbamates (subject to hydrolysis) is 1. The number of phenols is 1. The summed E-state index contributed by atoms with van der Waals surface area (Å²) in [6.45, 7) is 5.29. The lowest BCUT2D eigenvalue weighted by atomic mass is 9.97. The Balaban J connectivity index is 2.13. The summed E-state index contributed by atoms with van der Waals surface area (Å²) < 4.78 is 10.4. The van der Waals surface area contributed by atoms with E-state index < -0.39 is 17.7 Å². The molecule has 0 spiro atoms. The second kappa shape index (κ2) is 9.26. The predicted molar refractivity (Wildman–Crippen MR) is 107 cm³/mol. The Kier molecular flexibility index (Phi) is 7.04. The van der Waals surface area contributed by atoms with E-state index in [1.54, 1.807) is 64.3 Å². The Morgan fingerprint density at radius 3 is 2.11 bits per heavy atom. The van der Waals surface area contributed by atoms with Crippen LogP contribution in [0.2, 0.25) is 0 Å². The molecule has 1 atom stereocenters. The molecule has 6 heteroatoms. The molecular formula is C22H27NO5. The van der Waals surface area contributed by atoms with Crippen molar-refractivity contribution in [2.75, 3.05) is 7.11 Å². The van der Waals surface area contributed by atoms with Crippen LogP contribution in [0, 0.1) is 0 Å². The zero-order valence-electron chi connectivity index (χ0n) is 16.7. The summed E-state index contributed by atoms with van der Waals surface area (Å²) in [5.74, 6) is 0.720. The molecule has 0 saturated heterocycles. The summed E-state index contributed by atoms with van der Waals surface area (Å²) in [6.07, 6.45) is -0.170. The van der Waals surface area contributed by atoms with E-state index in [-0.39, 0.29) is 18.0 Å². The van der Waals surface area contributed by atoms with E-state index in [1.165, 1.54) is 0 Å². The van der Waals surface area contributed by atoms with Crippen molar-refractivity contribution < 1.29 is 24.2 Å². The first kappa shape index (κ1) is 21.3. The molecule has 0 aromatic heterocycles. The molecular weight excluding hydrogens is 358 g/mol. The molecule has 0 fully saturated rings. The zero-order chi connectivity index (χ0) is 20.7. The lowest BCUT2D eigenvalue weighted by molar-refractivity contribution is -0.120. The minimum atomic E-state index is -0.749. The number of hydrogen-bond acceptors (Lipinski definition) is 5. The molecule has 0 aliphatic heterocycles. The van der Waals surface area contributed by atoms with Gasteiger partial charge in [0.05, 0.1) is 13.2 Å². The lowest BCUT2D eigenvalue weighted by Crippen LogP contribution is -2.45. The number of hydrogen-bond donors (Lipinski definition) is 2. The maximum absolute atomic E-state index is 12.9. The van der Waals surface area contributed by atoms with Gasteiger partial charge in [0, 0.05) is 6.42 Å². The van der Waals surface area contributed by atoms with Crippen LogP contribution in [0.5, 0.6) is 11.5 Å². The van der Waals surface area contributed by atoms with Crippen molar-refractivity contribution in [3.63, 3.8) is 0 Å². The van der Waals surface area contributed by atoms with Gasteiger partial charge in [0.1, 0.15) is 17.1 Å². The van der Waals surface area contributed by atoms with Crippen LogP contribution in [-0.2, 0) is 22.4 Å². The minimum Gasteiger partial charge on any atom is -0.508 e. The topological polar surface area (TPSA) is 84.9 Å². The molecule has 2 N–H and O–H groups in total. The maximum atomic E-state index is 12.9. The van der Waals surface area contributed by atoms with Gasteiger partial charge in [-0.3, -0.25) is 4.79 Å². The van der Waals surface area contributed by atoms with Gasteiger partial charge in [0.25, 0.3) is 0 Å². The number of ketones is 1. The van der Waals surface area contributed by atoms with Crippen LogP contribution >= 0.6 is 0 Å². The molecule has 0 bridgehead atoms. The van der Waals surface area contributed by atoms with Gasteiger partial charge in [0.15, 0.2) is 5.78 Å². The SMILES string of the molecule is COc1ccc(CC(=O)C(Cc2ccc(O)cc2)NC(=O)OC(C)(C)C)cc1. The fraction of sp³-hybridized carbons (Fsp3) is 0.364. The second-order valence-corrected chi connectivity index (χ2v) is 7.56. The van der Waals surface area contributed by atoms with Crippen LogP contribution in [0.1, 0.15) is 31.9 Å². The molecule has 150 valence electrons. The summed E-state index contributed by atoms with van der Waals surface area (Å²) >= 11 is 0. The predicted octanol–water partition coefficient (Wildman–Crippen LogP) is 3.65. The number of Topliss-reactive ketones (excluding diaryl/α,β-unsaturated/α-hetero) is 1. The Labute approximate surface area is 165 Å². The fourth-order valence-electron chi connectivity index (χ4n) is 2.63. The van der Waals surface area contributed by atoms with Crippen LogP contribution in [0.15, 0.2) is 48.5 Å².